The molecule has 3 N–H and O–H groups in total. The number of ether oxygens (including phenoxy) is 3. The van der Waals surface area contributed by atoms with Crippen LogP contribution in [0.4, 0.5) is 0 Å². The minimum absolute atomic E-state index is 0.188. The number of aliphatic hydroxyl groups is 3. The van der Waals surface area contributed by atoms with Crippen LogP contribution < -0.4 is 0 Å². The van der Waals surface area contributed by atoms with Crippen molar-refractivity contribution in [1.29, 1.82) is 0 Å². The second-order valence-electron chi connectivity index (χ2n) is 8.26. The average Bonchev–Trinajstić information content (AvgIpc) is 2.86. The Bertz CT molecular complexity index is 952. The number of rotatable bonds is 9. The molecule has 0 unspecified atom stereocenters. The standard InChI is InChI=1S/C27H30O6/c28-22-23(29)26(32-17-20-12-6-2-7-13-20)27(33-18-21-14-8-3-9-15-21)24(30)25(22)31-16-19-10-4-1-5-11-19/h1-15,22-30H,16-18H2/t22-,23+,24-,25+,26+,27-/m1/s1. The van der Waals surface area contributed by atoms with Gasteiger partial charge in [-0.3, -0.25) is 0 Å². The molecule has 6 atom stereocenters. The van der Waals surface area contributed by atoms with Crippen LogP contribution >= 0.6 is 0 Å². The molecule has 0 aliphatic heterocycles. The fourth-order valence-electron chi connectivity index (χ4n) is 4.05. The van der Waals surface area contributed by atoms with Gasteiger partial charge in [-0.15, -0.1) is 0 Å². The van der Waals surface area contributed by atoms with Crippen LogP contribution in [0.3, 0.4) is 0 Å². The van der Waals surface area contributed by atoms with Gasteiger partial charge in [0, 0.05) is 0 Å². The van der Waals surface area contributed by atoms with Gasteiger partial charge in [0.05, 0.1) is 19.8 Å². The van der Waals surface area contributed by atoms with Gasteiger partial charge in [-0.2, -0.15) is 0 Å². The average molecular weight is 451 g/mol. The number of hydrogen-bond donors (Lipinski definition) is 3. The largest absolute Gasteiger partial charge is 0.387 e. The molecule has 1 aliphatic rings. The van der Waals surface area contributed by atoms with Crippen LogP contribution in [0, 0.1) is 0 Å². The van der Waals surface area contributed by atoms with Gasteiger partial charge in [0.15, 0.2) is 0 Å². The first kappa shape index (κ1) is 23.6. The Morgan fingerprint density at radius 2 is 0.727 bits per heavy atom. The Morgan fingerprint density at radius 1 is 0.424 bits per heavy atom. The van der Waals surface area contributed by atoms with Crippen molar-refractivity contribution in [2.24, 2.45) is 0 Å². The molecule has 0 bridgehead atoms. The van der Waals surface area contributed by atoms with Gasteiger partial charge in [-0.05, 0) is 16.7 Å². The summed E-state index contributed by atoms with van der Waals surface area (Å²) in [5.74, 6) is 0. The topological polar surface area (TPSA) is 88.4 Å². The van der Waals surface area contributed by atoms with E-state index >= 15 is 0 Å². The third kappa shape index (κ3) is 6.06. The summed E-state index contributed by atoms with van der Waals surface area (Å²) in [4.78, 5) is 0. The monoisotopic (exact) mass is 450 g/mol. The lowest BCUT2D eigenvalue weighted by Crippen LogP contribution is -2.65. The highest BCUT2D eigenvalue weighted by Gasteiger charge is 2.51. The van der Waals surface area contributed by atoms with E-state index in [0.29, 0.717) is 0 Å². The maximum absolute atomic E-state index is 11.1. The third-order valence-corrected chi connectivity index (χ3v) is 5.88. The van der Waals surface area contributed by atoms with Gasteiger partial charge in [0.2, 0.25) is 0 Å². The third-order valence-electron chi connectivity index (χ3n) is 5.88. The lowest BCUT2D eigenvalue weighted by atomic mass is 9.84. The van der Waals surface area contributed by atoms with Crippen molar-refractivity contribution in [3.05, 3.63) is 108 Å². The fourth-order valence-corrected chi connectivity index (χ4v) is 4.05. The Morgan fingerprint density at radius 3 is 1.12 bits per heavy atom. The van der Waals surface area contributed by atoms with E-state index in [1.807, 2.05) is 91.0 Å². The zero-order chi connectivity index (χ0) is 23.0. The Labute approximate surface area is 194 Å². The van der Waals surface area contributed by atoms with E-state index in [4.69, 9.17) is 14.2 Å². The summed E-state index contributed by atoms with van der Waals surface area (Å²) < 4.78 is 17.9. The zero-order valence-electron chi connectivity index (χ0n) is 18.3. The molecule has 4 rings (SSSR count). The Hall–Kier alpha value is -2.58. The van der Waals surface area contributed by atoms with Gasteiger partial charge < -0.3 is 29.5 Å². The highest BCUT2D eigenvalue weighted by molar-refractivity contribution is 5.16. The normalized spacial score (nSPS) is 27.4. The summed E-state index contributed by atoms with van der Waals surface area (Å²) in [6, 6.07) is 28.6. The highest BCUT2D eigenvalue weighted by Crippen LogP contribution is 2.30. The van der Waals surface area contributed by atoms with E-state index < -0.39 is 36.6 Å². The zero-order valence-corrected chi connectivity index (χ0v) is 18.3. The maximum atomic E-state index is 11.1. The van der Waals surface area contributed by atoms with Crippen molar-refractivity contribution in [3.8, 4) is 0 Å². The lowest BCUT2D eigenvalue weighted by molar-refractivity contribution is -0.262. The van der Waals surface area contributed by atoms with E-state index in [9.17, 15) is 15.3 Å². The maximum Gasteiger partial charge on any atom is 0.115 e. The first-order chi connectivity index (χ1) is 16.1. The van der Waals surface area contributed by atoms with Crippen molar-refractivity contribution in [3.63, 3.8) is 0 Å². The SMILES string of the molecule is O[C@@H]1[C@H](O)[C@H](OCc2ccccc2)[C@H](OCc2ccccc2)[C@H](O)[C@H]1OCc1ccccc1. The van der Waals surface area contributed by atoms with Gasteiger partial charge >= 0.3 is 0 Å². The minimum atomic E-state index is -1.33. The predicted octanol–water partition coefficient (Wildman–Crippen LogP) is 2.84. The van der Waals surface area contributed by atoms with E-state index in [0.717, 1.165) is 16.7 Å². The van der Waals surface area contributed by atoms with Crippen LogP contribution in [0.15, 0.2) is 91.0 Å². The molecule has 174 valence electrons. The van der Waals surface area contributed by atoms with Crippen LogP contribution in [0.25, 0.3) is 0 Å². The first-order valence-electron chi connectivity index (χ1n) is 11.1. The molecule has 0 radical (unpaired) electrons. The second-order valence-corrected chi connectivity index (χ2v) is 8.26. The molecular formula is C27H30O6. The van der Waals surface area contributed by atoms with E-state index in [1.54, 1.807) is 0 Å². The Kier molecular flexibility index (Phi) is 8.23. The van der Waals surface area contributed by atoms with Crippen LogP contribution in [-0.4, -0.2) is 51.9 Å². The molecule has 0 aromatic heterocycles. The van der Waals surface area contributed by atoms with Gasteiger partial charge in [0.25, 0.3) is 0 Å². The van der Waals surface area contributed by atoms with Crippen molar-refractivity contribution in [2.45, 2.75) is 56.4 Å². The van der Waals surface area contributed by atoms with Gasteiger partial charge in [-0.25, -0.2) is 0 Å². The van der Waals surface area contributed by atoms with Crippen LogP contribution in [-0.2, 0) is 34.0 Å². The molecule has 1 fully saturated rings. The molecule has 1 saturated carbocycles. The fraction of sp³-hybridized carbons (Fsp3) is 0.333. The molecule has 6 heteroatoms. The molecule has 33 heavy (non-hydrogen) atoms. The molecule has 0 heterocycles. The highest BCUT2D eigenvalue weighted by atomic mass is 16.6. The summed E-state index contributed by atoms with van der Waals surface area (Å²) >= 11 is 0. The van der Waals surface area contributed by atoms with E-state index in [-0.39, 0.29) is 19.8 Å². The van der Waals surface area contributed by atoms with E-state index in [2.05, 4.69) is 0 Å². The quantitative estimate of drug-likeness (QED) is 0.465. The summed E-state index contributed by atoms with van der Waals surface area (Å²) in [7, 11) is 0. The molecule has 3 aromatic carbocycles. The molecule has 1 aliphatic carbocycles. The molecule has 3 aromatic rings. The summed E-state index contributed by atoms with van der Waals surface area (Å²) in [6.45, 7) is 0.623. The summed E-state index contributed by atoms with van der Waals surface area (Å²) in [5.41, 5.74) is 2.74. The molecular weight excluding hydrogens is 420 g/mol. The first-order valence-corrected chi connectivity index (χ1v) is 11.1. The minimum Gasteiger partial charge on any atom is -0.387 e. The smallest absolute Gasteiger partial charge is 0.115 e. The van der Waals surface area contributed by atoms with Crippen molar-refractivity contribution >= 4 is 0 Å². The second kappa shape index (κ2) is 11.5. The molecule has 0 saturated heterocycles. The molecule has 0 amide bonds. The van der Waals surface area contributed by atoms with E-state index in [1.165, 1.54) is 0 Å². The summed E-state index contributed by atoms with van der Waals surface area (Å²) in [6.07, 6.45) is -6.68. The number of benzene rings is 3. The number of hydrogen-bond acceptors (Lipinski definition) is 6. The number of aliphatic hydroxyl groups excluding tert-OH is 3. The lowest BCUT2D eigenvalue weighted by Gasteiger charge is -2.45. The van der Waals surface area contributed by atoms with Crippen LogP contribution in [0.5, 0.6) is 0 Å². The van der Waals surface area contributed by atoms with Crippen LogP contribution in [0.1, 0.15) is 16.7 Å². The van der Waals surface area contributed by atoms with Crippen LogP contribution in [0.2, 0.25) is 0 Å². The van der Waals surface area contributed by atoms with Crippen molar-refractivity contribution in [2.75, 3.05) is 0 Å². The van der Waals surface area contributed by atoms with Gasteiger partial charge in [0.1, 0.15) is 36.6 Å². The Balaban J connectivity index is 1.49. The molecule has 6 nitrogen and oxygen atoms in total. The van der Waals surface area contributed by atoms with Crippen molar-refractivity contribution < 1.29 is 29.5 Å². The summed E-state index contributed by atoms with van der Waals surface area (Å²) in [5, 5.41) is 32.8. The van der Waals surface area contributed by atoms with Gasteiger partial charge in [-0.1, -0.05) is 91.0 Å². The molecule has 0 spiro atoms. The van der Waals surface area contributed by atoms with Crippen molar-refractivity contribution in [1.82, 2.24) is 0 Å². The predicted molar refractivity (Wildman–Crippen MR) is 123 cm³/mol.